The van der Waals surface area contributed by atoms with Crippen molar-refractivity contribution in [2.45, 2.75) is 25.8 Å². The Bertz CT molecular complexity index is 285. The van der Waals surface area contributed by atoms with Crippen molar-refractivity contribution in [2.75, 3.05) is 13.7 Å². The first kappa shape index (κ1) is 11.7. The third kappa shape index (κ3) is 3.71. The molecule has 0 saturated heterocycles. The van der Waals surface area contributed by atoms with Gasteiger partial charge in [0.1, 0.15) is 11.9 Å². The van der Waals surface area contributed by atoms with E-state index >= 15 is 0 Å². The molecule has 0 fully saturated rings. The number of aromatic amines is 1. The van der Waals surface area contributed by atoms with Gasteiger partial charge in [-0.15, -0.1) is 0 Å². The fourth-order valence-electron chi connectivity index (χ4n) is 1.34. The number of imidazole rings is 1. The number of methoxy groups -OCH3 is 1. The van der Waals surface area contributed by atoms with E-state index in [1.54, 1.807) is 12.4 Å². The summed E-state index contributed by atoms with van der Waals surface area (Å²) >= 11 is 0. The lowest BCUT2D eigenvalue weighted by Crippen LogP contribution is -2.38. The molecule has 0 aliphatic rings. The van der Waals surface area contributed by atoms with Gasteiger partial charge in [-0.1, -0.05) is 6.92 Å². The van der Waals surface area contributed by atoms with Crippen molar-refractivity contribution >= 4 is 5.97 Å². The molecule has 5 nitrogen and oxygen atoms in total. The monoisotopic (exact) mass is 211 g/mol. The quantitative estimate of drug-likeness (QED) is 0.672. The maximum Gasteiger partial charge on any atom is 0.322 e. The second kappa shape index (κ2) is 6.19. The smallest absolute Gasteiger partial charge is 0.322 e. The Balaban J connectivity index is 2.26. The third-order valence-electron chi connectivity index (χ3n) is 2.20. The topological polar surface area (TPSA) is 67.0 Å². The summed E-state index contributed by atoms with van der Waals surface area (Å²) in [6.45, 7) is 2.66. The number of rotatable bonds is 6. The van der Waals surface area contributed by atoms with Crippen molar-refractivity contribution in [1.29, 1.82) is 0 Å². The van der Waals surface area contributed by atoms with Gasteiger partial charge >= 0.3 is 5.97 Å². The molecule has 1 rings (SSSR count). The van der Waals surface area contributed by atoms with Gasteiger partial charge in [0.2, 0.25) is 0 Å². The van der Waals surface area contributed by atoms with Crippen molar-refractivity contribution < 1.29 is 9.53 Å². The minimum Gasteiger partial charge on any atom is -0.468 e. The summed E-state index contributed by atoms with van der Waals surface area (Å²) in [7, 11) is 1.40. The van der Waals surface area contributed by atoms with Crippen LogP contribution in [-0.2, 0) is 16.0 Å². The molecular weight excluding hydrogens is 194 g/mol. The molecule has 15 heavy (non-hydrogen) atoms. The maximum absolute atomic E-state index is 11.2. The number of esters is 1. The highest BCUT2D eigenvalue weighted by molar-refractivity contribution is 5.75. The zero-order valence-corrected chi connectivity index (χ0v) is 9.12. The zero-order valence-electron chi connectivity index (χ0n) is 9.12. The van der Waals surface area contributed by atoms with Gasteiger partial charge in [-0.3, -0.25) is 4.79 Å². The van der Waals surface area contributed by atoms with E-state index in [-0.39, 0.29) is 12.0 Å². The number of carbonyl (C=O) groups is 1. The molecule has 1 aromatic rings. The normalized spacial score (nSPS) is 12.4. The highest BCUT2D eigenvalue weighted by Gasteiger charge is 2.15. The van der Waals surface area contributed by atoms with E-state index in [1.165, 1.54) is 7.11 Å². The lowest BCUT2D eigenvalue weighted by molar-refractivity contribution is -0.143. The average Bonchev–Trinajstić information content (AvgIpc) is 2.76. The van der Waals surface area contributed by atoms with Crippen molar-refractivity contribution in [1.82, 2.24) is 15.3 Å². The van der Waals surface area contributed by atoms with Gasteiger partial charge in [-0.2, -0.15) is 0 Å². The molecule has 0 amide bonds. The predicted octanol–water partition coefficient (Wildman–Crippen LogP) is 0.493. The molecule has 1 heterocycles. The van der Waals surface area contributed by atoms with Crippen LogP contribution in [0.4, 0.5) is 0 Å². The fourth-order valence-corrected chi connectivity index (χ4v) is 1.34. The molecule has 0 aliphatic carbocycles. The van der Waals surface area contributed by atoms with Gasteiger partial charge < -0.3 is 15.0 Å². The largest absolute Gasteiger partial charge is 0.468 e. The Morgan fingerprint density at radius 2 is 2.53 bits per heavy atom. The van der Waals surface area contributed by atoms with E-state index in [2.05, 4.69) is 20.0 Å². The SMILES string of the molecule is CCC(NCCc1ncc[nH]1)C(=O)OC. The summed E-state index contributed by atoms with van der Waals surface area (Å²) in [4.78, 5) is 18.3. The van der Waals surface area contributed by atoms with E-state index in [9.17, 15) is 4.79 Å². The standard InChI is InChI=1S/C10H17N3O2/c1-3-8(10(14)15-2)11-5-4-9-12-6-7-13-9/h6-8,11H,3-5H2,1-2H3,(H,12,13). The molecule has 0 aromatic carbocycles. The predicted molar refractivity (Wildman–Crippen MR) is 56.4 cm³/mol. The summed E-state index contributed by atoms with van der Waals surface area (Å²) in [6, 6.07) is -0.218. The molecular formula is C10H17N3O2. The summed E-state index contributed by atoms with van der Waals surface area (Å²) in [5.74, 6) is 0.708. The van der Waals surface area contributed by atoms with Crippen LogP contribution >= 0.6 is 0 Å². The van der Waals surface area contributed by atoms with Crippen LogP contribution in [0.5, 0.6) is 0 Å². The van der Waals surface area contributed by atoms with Crippen LogP contribution in [0.15, 0.2) is 12.4 Å². The first-order valence-corrected chi connectivity index (χ1v) is 5.07. The van der Waals surface area contributed by atoms with Crippen molar-refractivity contribution in [2.24, 2.45) is 0 Å². The minimum absolute atomic E-state index is 0.211. The second-order valence-electron chi connectivity index (χ2n) is 3.22. The van der Waals surface area contributed by atoms with E-state index in [4.69, 9.17) is 0 Å². The fraction of sp³-hybridized carbons (Fsp3) is 0.600. The summed E-state index contributed by atoms with van der Waals surface area (Å²) < 4.78 is 4.67. The minimum atomic E-state index is -0.218. The highest BCUT2D eigenvalue weighted by atomic mass is 16.5. The van der Waals surface area contributed by atoms with E-state index in [0.717, 1.165) is 18.7 Å². The number of nitrogens with one attached hydrogen (secondary N) is 2. The Labute approximate surface area is 89.2 Å². The van der Waals surface area contributed by atoms with Crippen LogP contribution in [0.2, 0.25) is 0 Å². The molecule has 2 N–H and O–H groups in total. The van der Waals surface area contributed by atoms with Crippen LogP contribution in [0, 0.1) is 0 Å². The molecule has 1 unspecified atom stereocenters. The average molecular weight is 211 g/mol. The Morgan fingerprint density at radius 3 is 3.07 bits per heavy atom. The van der Waals surface area contributed by atoms with Crippen molar-refractivity contribution in [3.05, 3.63) is 18.2 Å². The molecule has 0 bridgehead atoms. The van der Waals surface area contributed by atoms with Gasteiger partial charge in [-0.05, 0) is 6.42 Å². The second-order valence-corrected chi connectivity index (χ2v) is 3.22. The lowest BCUT2D eigenvalue weighted by Gasteiger charge is -2.13. The number of hydrogen-bond donors (Lipinski definition) is 2. The van der Waals surface area contributed by atoms with Crippen molar-refractivity contribution in [3.63, 3.8) is 0 Å². The number of H-pyrrole nitrogens is 1. The molecule has 1 aromatic heterocycles. The molecule has 0 saturated carbocycles. The maximum atomic E-state index is 11.2. The van der Waals surface area contributed by atoms with Crippen LogP contribution < -0.4 is 5.32 Å². The number of carbonyl (C=O) groups excluding carboxylic acids is 1. The number of hydrogen-bond acceptors (Lipinski definition) is 4. The van der Waals surface area contributed by atoms with Gasteiger partial charge in [-0.25, -0.2) is 4.98 Å². The first-order valence-electron chi connectivity index (χ1n) is 5.07. The third-order valence-corrected chi connectivity index (χ3v) is 2.20. The van der Waals surface area contributed by atoms with Gasteiger partial charge in [0.25, 0.3) is 0 Å². The zero-order chi connectivity index (χ0) is 11.1. The van der Waals surface area contributed by atoms with Crippen LogP contribution in [0.3, 0.4) is 0 Å². The Morgan fingerprint density at radius 1 is 1.73 bits per heavy atom. The lowest BCUT2D eigenvalue weighted by atomic mass is 10.2. The molecule has 84 valence electrons. The van der Waals surface area contributed by atoms with Crippen LogP contribution in [0.25, 0.3) is 0 Å². The van der Waals surface area contributed by atoms with Gasteiger partial charge in [0, 0.05) is 25.4 Å². The van der Waals surface area contributed by atoms with E-state index in [1.807, 2.05) is 6.92 Å². The van der Waals surface area contributed by atoms with Crippen molar-refractivity contribution in [3.8, 4) is 0 Å². The summed E-state index contributed by atoms with van der Waals surface area (Å²) in [5.41, 5.74) is 0. The van der Waals surface area contributed by atoms with E-state index < -0.39 is 0 Å². The highest BCUT2D eigenvalue weighted by Crippen LogP contribution is 1.95. The molecule has 0 spiro atoms. The number of aromatic nitrogens is 2. The molecule has 0 radical (unpaired) electrons. The molecule has 0 aliphatic heterocycles. The number of nitrogens with zero attached hydrogens (tertiary/aromatic N) is 1. The summed E-state index contributed by atoms with van der Waals surface area (Å²) in [5, 5.41) is 3.12. The van der Waals surface area contributed by atoms with Gasteiger partial charge in [0.15, 0.2) is 0 Å². The Kier molecular flexibility index (Phi) is 4.83. The summed E-state index contributed by atoms with van der Waals surface area (Å²) in [6.07, 6.45) is 5.01. The van der Waals surface area contributed by atoms with Gasteiger partial charge in [0.05, 0.1) is 7.11 Å². The number of ether oxygens (including phenoxy) is 1. The van der Waals surface area contributed by atoms with Crippen LogP contribution in [-0.4, -0.2) is 35.6 Å². The van der Waals surface area contributed by atoms with Crippen LogP contribution in [0.1, 0.15) is 19.2 Å². The molecule has 1 atom stereocenters. The molecule has 5 heteroatoms. The Hall–Kier alpha value is -1.36. The first-order chi connectivity index (χ1) is 7.27. The van der Waals surface area contributed by atoms with E-state index in [0.29, 0.717) is 6.54 Å².